The van der Waals surface area contributed by atoms with Crippen LogP contribution in [0.2, 0.25) is 0 Å². The van der Waals surface area contributed by atoms with Gasteiger partial charge in [-0.3, -0.25) is 0 Å². The molecular weight excluding hydrogens is 227 g/mol. The van der Waals surface area contributed by atoms with E-state index in [9.17, 15) is 4.39 Å². The van der Waals surface area contributed by atoms with Gasteiger partial charge in [0, 0.05) is 5.56 Å². The maximum atomic E-state index is 13.5. The summed E-state index contributed by atoms with van der Waals surface area (Å²) in [6.07, 6.45) is 4.59. The Labute approximate surface area is 108 Å². The molecule has 1 aliphatic carbocycles. The number of fused-ring (bicyclic) bond motifs is 1. The summed E-state index contributed by atoms with van der Waals surface area (Å²) in [5.41, 5.74) is 1.25. The van der Waals surface area contributed by atoms with Crippen LogP contribution in [0.1, 0.15) is 57.9 Å². The molecule has 2 heteroatoms. The number of hydrogen-bond donors (Lipinski definition) is 0. The summed E-state index contributed by atoms with van der Waals surface area (Å²) in [5.74, 6) is 1.13. The maximum absolute atomic E-state index is 13.5. The van der Waals surface area contributed by atoms with Crippen LogP contribution in [0.4, 0.5) is 4.39 Å². The Morgan fingerprint density at radius 2 is 2.00 bits per heavy atom. The van der Waals surface area contributed by atoms with E-state index in [0.29, 0.717) is 5.92 Å². The molecule has 1 aliphatic heterocycles. The van der Waals surface area contributed by atoms with Gasteiger partial charge in [-0.1, -0.05) is 20.8 Å². The predicted molar refractivity (Wildman–Crippen MR) is 70.4 cm³/mol. The summed E-state index contributed by atoms with van der Waals surface area (Å²) < 4.78 is 19.7. The van der Waals surface area contributed by atoms with Crippen LogP contribution in [-0.2, 0) is 0 Å². The smallest absolute Gasteiger partial charge is 0.123 e. The van der Waals surface area contributed by atoms with Crippen LogP contribution in [0, 0.1) is 11.2 Å². The van der Waals surface area contributed by atoms with Gasteiger partial charge in [-0.15, -0.1) is 0 Å². The SMILES string of the molecule is CC(C)(C)C1CC2(CCC2)Oc2ccc(F)cc21. The van der Waals surface area contributed by atoms with E-state index in [1.807, 2.05) is 6.07 Å². The number of hydrogen-bond acceptors (Lipinski definition) is 1. The van der Waals surface area contributed by atoms with E-state index >= 15 is 0 Å². The Morgan fingerprint density at radius 3 is 2.56 bits per heavy atom. The highest BCUT2D eigenvalue weighted by atomic mass is 19.1. The van der Waals surface area contributed by atoms with Gasteiger partial charge in [0.25, 0.3) is 0 Å². The monoisotopic (exact) mass is 248 g/mol. The predicted octanol–water partition coefficient (Wildman–Crippen LogP) is 4.66. The van der Waals surface area contributed by atoms with Gasteiger partial charge in [-0.2, -0.15) is 0 Å². The molecule has 1 spiro atoms. The Morgan fingerprint density at radius 1 is 1.28 bits per heavy atom. The van der Waals surface area contributed by atoms with Gasteiger partial charge in [-0.25, -0.2) is 4.39 Å². The third-order valence-electron chi connectivity index (χ3n) is 4.56. The molecule has 0 saturated heterocycles. The molecule has 1 heterocycles. The summed E-state index contributed by atoms with van der Waals surface area (Å²) in [4.78, 5) is 0. The van der Waals surface area contributed by atoms with Gasteiger partial charge in [-0.05, 0) is 55.2 Å². The van der Waals surface area contributed by atoms with Crippen molar-refractivity contribution in [2.45, 2.75) is 58.0 Å². The molecule has 0 N–H and O–H groups in total. The summed E-state index contributed by atoms with van der Waals surface area (Å²) in [6.45, 7) is 6.72. The first-order chi connectivity index (χ1) is 8.40. The molecule has 0 aromatic heterocycles. The normalized spacial score (nSPS) is 25.2. The number of benzene rings is 1. The average Bonchev–Trinajstić information content (AvgIpc) is 2.24. The highest BCUT2D eigenvalue weighted by Gasteiger charge is 2.48. The molecular formula is C16H21FO. The largest absolute Gasteiger partial charge is 0.487 e. The van der Waals surface area contributed by atoms with Crippen LogP contribution in [0.3, 0.4) is 0 Å². The van der Waals surface area contributed by atoms with Crippen LogP contribution in [0.5, 0.6) is 5.75 Å². The average molecular weight is 248 g/mol. The fourth-order valence-corrected chi connectivity index (χ4v) is 3.29. The molecule has 98 valence electrons. The zero-order chi connectivity index (χ0) is 13.0. The van der Waals surface area contributed by atoms with Crippen molar-refractivity contribution in [1.82, 2.24) is 0 Å². The van der Waals surface area contributed by atoms with Crippen molar-refractivity contribution in [2.75, 3.05) is 0 Å². The third kappa shape index (κ3) is 1.82. The minimum absolute atomic E-state index is 0.0444. The molecule has 18 heavy (non-hydrogen) atoms. The second kappa shape index (κ2) is 3.72. The van der Waals surface area contributed by atoms with Gasteiger partial charge in [0.15, 0.2) is 0 Å². The first kappa shape index (κ1) is 12.0. The molecule has 2 aliphatic rings. The lowest BCUT2D eigenvalue weighted by atomic mass is 9.64. The van der Waals surface area contributed by atoms with Gasteiger partial charge < -0.3 is 4.74 Å². The van der Waals surface area contributed by atoms with Crippen LogP contribution in [0.25, 0.3) is 0 Å². The van der Waals surface area contributed by atoms with Crippen LogP contribution in [0.15, 0.2) is 18.2 Å². The van der Waals surface area contributed by atoms with Gasteiger partial charge in [0.2, 0.25) is 0 Å². The fraction of sp³-hybridized carbons (Fsp3) is 0.625. The summed E-state index contributed by atoms with van der Waals surface area (Å²) >= 11 is 0. The lowest BCUT2D eigenvalue weighted by Gasteiger charge is -2.50. The van der Waals surface area contributed by atoms with Crippen molar-refractivity contribution >= 4 is 0 Å². The quantitative estimate of drug-likeness (QED) is 0.648. The first-order valence-corrected chi connectivity index (χ1v) is 6.88. The topological polar surface area (TPSA) is 9.23 Å². The second-order valence-corrected chi connectivity index (χ2v) is 6.94. The molecule has 1 aromatic carbocycles. The first-order valence-electron chi connectivity index (χ1n) is 6.88. The van der Waals surface area contributed by atoms with Crippen molar-refractivity contribution < 1.29 is 9.13 Å². The van der Waals surface area contributed by atoms with E-state index in [-0.39, 0.29) is 16.8 Å². The van der Waals surface area contributed by atoms with Gasteiger partial charge >= 0.3 is 0 Å². The molecule has 1 nitrogen and oxygen atoms in total. The maximum Gasteiger partial charge on any atom is 0.123 e. The van der Waals surface area contributed by atoms with Gasteiger partial charge in [0.1, 0.15) is 17.2 Å². The summed E-state index contributed by atoms with van der Waals surface area (Å²) in [6, 6.07) is 4.98. The van der Waals surface area contributed by atoms with E-state index in [1.165, 1.54) is 12.5 Å². The van der Waals surface area contributed by atoms with E-state index in [4.69, 9.17) is 4.74 Å². The molecule has 0 bridgehead atoms. The van der Waals surface area contributed by atoms with E-state index in [1.54, 1.807) is 6.07 Å². The zero-order valence-corrected chi connectivity index (χ0v) is 11.4. The zero-order valence-electron chi connectivity index (χ0n) is 11.4. The lowest BCUT2D eigenvalue weighted by molar-refractivity contribution is -0.0451. The summed E-state index contributed by atoms with van der Waals surface area (Å²) in [5, 5.41) is 0. The molecule has 1 saturated carbocycles. The van der Waals surface area contributed by atoms with Crippen LogP contribution >= 0.6 is 0 Å². The number of halogens is 1. The standard InChI is InChI=1S/C16H21FO/c1-15(2,3)13-10-16(7-4-8-16)18-14-6-5-11(17)9-12(13)14/h5-6,9,13H,4,7-8,10H2,1-3H3. The van der Waals surface area contributed by atoms with Crippen molar-refractivity contribution in [3.05, 3.63) is 29.6 Å². The molecule has 1 fully saturated rings. The molecule has 1 aromatic rings. The lowest BCUT2D eigenvalue weighted by Crippen LogP contribution is -2.48. The minimum Gasteiger partial charge on any atom is -0.487 e. The Hall–Kier alpha value is -1.05. The van der Waals surface area contributed by atoms with Crippen molar-refractivity contribution in [2.24, 2.45) is 5.41 Å². The molecule has 0 amide bonds. The highest BCUT2D eigenvalue weighted by molar-refractivity contribution is 5.41. The molecule has 0 radical (unpaired) electrons. The Kier molecular flexibility index (Phi) is 2.48. The molecule has 1 atom stereocenters. The van der Waals surface area contributed by atoms with E-state index in [2.05, 4.69) is 20.8 Å². The van der Waals surface area contributed by atoms with Crippen molar-refractivity contribution in [3.63, 3.8) is 0 Å². The second-order valence-electron chi connectivity index (χ2n) is 6.94. The molecule has 3 rings (SSSR count). The Balaban J connectivity index is 2.06. The third-order valence-corrected chi connectivity index (χ3v) is 4.56. The number of ether oxygens (including phenoxy) is 1. The van der Waals surface area contributed by atoms with Crippen LogP contribution < -0.4 is 4.74 Å². The van der Waals surface area contributed by atoms with E-state index < -0.39 is 0 Å². The minimum atomic E-state index is -0.156. The number of rotatable bonds is 0. The Bertz CT molecular complexity index is 468. The fourth-order valence-electron chi connectivity index (χ4n) is 3.29. The van der Waals surface area contributed by atoms with Crippen LogP contribution in [-0.4, -0.2) is 5.60 Å². The van der Waals surface area contributed by atoms with Gasteiger partial charge in [0.05, 0.1) is 0 Å². The highest BCUT2D eigenvalue weighted by Crippen LogP contribution is 2.54. The summed E-state index contributed by atoms with van der Waals surface area (Å²) in [7, 11) is 0. The van der Waals surface area contributed by atoms with E-state index in [0.717, 1.165) is 30.6 Å². The van der Waals surface area contributed by atoms with Crippen molar-refractivity contribution in [3.8, 4) is 5.75 Å². The molecule has 1 unspecified atom stereocenters. The van der Waals surface area contributed by atoms with Crippen molar-refractivity contribution in [1.29, 1.82) is 0 Å².